The van der Waals surface area contributed by atoms with E-state index in [4.69, 9.17) is 0 Å². The Kier molecular flexibility index (Phi) is 4.90. The maximum atomic E-state index is 13.9. The van der Waals surface area contributed by atoms with Crippen molar-refractivity contribution in [1.82, 2.24) is 4.90 Å². The van der Waals surface area contributed by atoms with Crippen molar-refractivity contribution in [1.29, 1.82) is 0 Å². The summed E-state index contributed by atoms with van der Waals surface area (Å²) in [5.74, 6) is -0.117. The first-order valence-corrected chi connectivity index (χ1v) is 9.72. The molecule has 136 valence electrons. The van der Waals surface area contributed by atoms with Gasteiger partial charge in [-0.3, -0.25) is 9.69 Å². The molecule has 2 fully saturated rings. The van der Waals surface area contributed by atoms with Crippen LogP contribution in [0.5, 0.6) is 0 Å². The maximum Gasteiger partial charge on any atom is 0.166 e. The zero-order chi connectivity index (χ0) is 18.1. The quantitative estimate of drug-likeness (QED) is 0.710. The van der Waals surface area contributed by atoms with Crippen molar-refractivity contribution < 1.29 is 9.18 Å². The van der Waals surface area contributed by atoms with Crippen LogP contribution in [0.3, 0.4) is 0 Å². The van der Waals surface area contributed by atoms with Gasteiger partial charge in [0.1, 0.15) is 5.82 Å². The van der Waals surface area contributed by atoms with E-state index in [-0.39, 0.29) is 17.5 Å². The largest absolute Gasteiger partial charge is 0.294 e. The highest BCUT2D eigenvalue weighted by Crippen LogP contribution is 2.39. The molecular formula is C23H26FNO. The summed E-state index contributed by atoms with van der Waals surface area (Å²) in [5.41, 5.74) is 2.41. The smallest absolute Gasteiger partial charge is 0.166 e. The SMILES string of the molecule is Cc1c(F)cccc1C(=O)C1CC2CCCC(C1)N2Cc1ccccc1. The Balaban J connectivity index is 1.52. The van der Waals surface area contributed by atoms with Gasteiger partial charge in [-0.15, -0.1) is 0 Å². The van der Waals surface area contributed by atoms with Crippen LogP contribution in [0.4, 0.5) is 4.39 Å². The Labute approximate surface area is 155 Å². The molecule has 0 aliphatic carbocycles. The third-order valence-corrected chi connectivity index (χ3v) is 6.24. The first kappa shape index (κ1) is 17.4. The molecule has 2 nitrogen and oxygen atoms in total. The number of piperidine rings is 2. The summed E-state index contributed by atoms with van der Waals surface area (Å²) in [6, 6.07) is 16.4. The summed E-state index contributed by atoms with van der Waals surface area (Å²) in [6.07, 6.45) is 5.38. The van der Waals surface area contributed by atoms with E-state index in [1.54, 1.807) is 19.1 Å². The molecule has 0 radical (unpaired) electrons. The molecule has 2 aromatic carbocycles. The van der Waals surface area contributed by atoms with Crippen LogP contribution < -0.4 is 0 Å². The lowest BCUT2D eigenvalue weighted by atomic mass is 9.75. The molecule has 0 amide bonds. The second-order valence-electron chi connectivity index (χ2n) is 7.84. The van der Waals surface area contributed by atoms with E-state index in [1.165, 1.54) is 18.1 Å². The molecule has 2 heterocycles. The minimum atomic E-state index is -0.280. The topological polar surface area (TPSA) is 20.3 Å². The third kappa shape index (κ3) is 3.33. The maximum absolute atomic E-state index is 13.9. The lowest BCUT2D eigenvalue weighted by Gasteiger charge is -2.48. The van der Waals surface area contributed by atoms with Crippen LogP contribution in [0.15, 0.2) is 48.5 Å². The zero-order valence-corrected chi connectivity index (χ0v) is 15.3. The molecule has 0 N–H and O–H groups in total. The van der Waals surface area contributed by atoms with Crippen LogP contribution in [-0.4, -0.2) is 22.8 Å². The van der Waals surface area contributed by atoms with Crippen LogP contribution >= 0.6 is 0 Å². The standard InChI is InChI=1S/C23H26FNO/c1-16-21(11-6-12-22(16)24)23(26)18-13-19-9-5-10-20(14-18)25(19)15-17-7-3-2-4-8-17/h2-4,6-8,11-12,18-20H,5,9-10,13-15H2,1H3. The van der Waals surface area contributed by atoms with E-state index < -0.39 is 0 Å². The first-order chi connectivity index (χ1) is 12.6. The number of carbonyl (C=O) groups excluding carboxylic acids is 1. The number of carbonyl (C=O) groups is 1. The van der Waals surface area contributed by atoms with E-state index in [1.807, 2.05) is 0 Å². The summed E-state index contributed by atoms with van der Waals surface area (Å²) in [7, 11) is 0. The predicted molar refractivity (Wildman–Crippen MR) is 102 cm³/mol. The van der Waals surface area contributed by atoms with Gasteiger partial charge in [-0.2, -0.15) is 0 Å². The highest BCUT2D eigenvalue weighted by atomic mass is 19.1. The van der Waals surface area contributed by atoms with Gasteiger partial charge >= 0.3 is 0 Å². The fourth-order valence-electron chi connectivity index (χ4n) is 4.84. The average molecular weight is 351 g/mol. The molecule has 2 bridgehead atoms. The van der Waals surface area contributed by atoms with Crippen LogP contribution in [-0.2, 0) is 6.54 Å². The fourth-order valence-corrected chi connectivity index (χ4v) is 4.84. The molecule has 0 saturated carbocycles. The third-order valence-electron chi connectivity index (χ3n) is 6.24. The van der Waals surface area contributed by atoms with Crippen LogP contribution in [0.2, 0.25) is 0 Å². The molecule has 2 aromatic rings. The molecule has 26 heavy (non-hydrogen) atoms. The van der Waals surface area contributed by atoms with Crippen LogP contribution in [0.1, 0.15) is 53.6 Å². The first-order valence-electron chi connectivity index (χ1n) is 9.72. The Morgan fingerprint density at radius 1 is 1.04 bits per heavy atom. The van der Waals surface area contributed by atoms with E-state index in [9.17, 15) is 9.18 Å². The molecule has 2 aliphatic heterocycles. The lowest BCUT2D eigenvalue weighted by molar-refractivity contribution is 0.00903. The highest BCUT2D eigenvalue weighted by Gasteiger charge is 2.40. The number of Topliss-reactive ketones (excluding diaryl/α,β-unsaturated/α-hetero) is 1. The minimum absolute atomic E-state index is 0.0258. The summed E-state index contributed by atoms with van der Waals surface area (Å²) in [5, 5.41) is 0. The van der Waals surface area contributed by atoms with Crippen molar-refractivity contribution >= 4 is 5.78 Å². The molecule has 3 heteroatoms. The number of fused-ring (bicyclic) bond motifs is 2. The number of halogens is 1. The van der Waals surface area contributed by atoms with Gasteiger partial charge in [0.25, 0.3) is 0 Å². The number of benzene rings is 2. The molecule has 4 rings (SSSR count). The Bertz CT molecular complexity index is 774. The van der Waals surface area contributed by atoms with Gasteiger partial charge in [-0.05, 0) is 49.8 Å². The summed E-state index contributed by atoms with van der Waals surface area (Å²) in [4.78, 5) is 15.7. The van der Waals surface area contributed by atoms with Crippen molar-refractivity contribution in [3.8, 4) is 0 Å². The van der Waals surface area contributed by atoms with Gasteiger partial charge in [0, 0.05) is 30.1 Å². The Hall–Kier alpha value is -2.00. The monoisotopic (exact) mass is 351 g/mol. The van der Waals surface area contributed by atoms with E-state index in [0.717, 1.165) is 32.2 Å². The number of nitrogens with zero attached hydrogens (tertiary/aromatic N) is 1. The van der Waals surface area contributed by atoms with Gasteiger partial charge in [0.2, 0.25) is 0 Å². The van der Waals surface area contributed by atoms with Gasteiger partial charge in [-0.1, -0.05) is 48.9 Å². The fraction of sp³-hybridized carbons (Fsp3) is 0.435. The van der Waals surface area contributed by atoms with Crippen molar-refractivity contribution in [3.63, 3.8) is 0 Å². The predicted octanol–water partition coefficient (Wildman–Crippen LogP) is 5.15. The molecule has 2 atom stereocenters. The summed E-state index contributed by atoms with van der Waals surface area (Å²) >= 11 is 0. The average Bonchev–Trinajstić information content (AvgIpc) is 2.64. The second-order valence-corrected chi connectivity index (χ2v) is 7.84. The Morgan fingerprint density at radius 2 is 1.73 bits per heavy atom. The van der Waals surface area contributed by atoms with E-state index in [2.05, 4.69) is 35.2 Å². The van der Waals surface area contributed by atoms with Crippen molar-refractivity contribution in [2.45, 2.75) is 57.7 Å². The van der Waals surface area contributed by atoms with Crippen molar-refractivity contribution in [3.05, 3.63) is 71.0 Å². The van der Waals surface area contributed by atoms with Crippen LogP contribution in [0.25, 0.3) is 0 Å². The lowest BCUT2D eigenvalue weighted by Crippen LogP contribution is -2.52. The highest BCUT2D eigenvalue weighted by molar-refractivity contribution is 5.99. The number of hydrogen-bond donors (Lipinski definition) is 0. The number of hydrogen-bond acceptors (Lipinski definition) is 2. The molecule has 2 aliphatic rings. The summed E-state index contributed by atoms with van der Waals surface area (Å²) in [6.45, 7) is 2.68. The molecular weight excluding hydrogens is 325 g/mol. The van der Waals surface area contributed by atoms with Crippen LogP contribution in [0, 0.1) is 18.7 Å². The van der Waals surface area contributed by atoms with E-state index in [0.29, 0.717) is 23.2 Å². The van der Waals surface area contributed by atoms with Gasteiger partial charge in [0.15, 0.2) is 5.78 Å². The molecule has 0 spiro atoms. The van der Waals surface area contributed by atoms with Gasteiger partial charge in [0.05, 0.1) is 0 Å². The molecule has 2 saturated heterocycles. The zero-order valence-electron chi connectivity index (χ0n) is 15.3. The summed E-state index contributed by atoms with van der Waals surface area (Å²) < 4.78 is 13.9. The van der Waals surface area contributed by atoms with Crippen molar-refractivity contribution in [2.75, 3.05) is 0 Å². The number of ketones is 1. The van der Waals surface area contributed by atoms with Gasteiger partial charge in [-0.25, -0.2) is 4.39 Å². The minimum Gasteiger partial charge on any atom is -0.294 e. The Morgan fingerprint density at radius 3 is 2.42 bits per heavy atom. The van der Waals surface area contributed by atoms with Gasteiger partial charge < -0.3 is 0 Å². The van der Waals surface area contributed by atoms with E-state index >= 15 is 0 Å². The van der Waals surface area contributed by atoms with Crippen molar-refractivity contribution in [2.24, 2.45) is 5.92 Å². The normalized spacial score (nSPS) is 25.8. The molecule has 0 aromatic heterocycles. The number of rotatable bonds is 4. The molecule has 2 unspecified atom stereocenters. The second kappa shape index (κ2) is 7.32.